The molecule has 4 atom stereocenters. The van der Waals surface area contributed by atoms with Crippen LogP contribution >= 0.6 is 0 Å². The van der Waals surface area contributed by atoms with E-state index in [2.05, 4.69) is 55.6 Å². The zero-order chi connectivity index (χ0) is 57.3. The quantitative estimate of drug-likeness (QED) is 0.0308. The minimum Gasteiger partial charge on any atom is -0.394 e. The van der Waals surface area contributed by atoms with Gasteiger partial charge in [-0.3, -0.25) is 4.79 Å². The van der Waals surface area contributed by atoms with Crippen LogP contribution in [-0.2, 0) is 4.79 Å². The molecule has 0 aliphatic carbocycles. The number of aliphatic hydroxyl groups excluding tert-OH is 4. The Hall–Kier alpha value is -1.47. The standard InChI is InChI=1S/C73H141NO5/c1-3-5-7-9-11-13-15-17-19-21-23-25-27-29-31-33-34-35-36-37-39-41-43-45-47-49-51-53-55-57-59-61-63-65-67-71(77)73(79)74-69(68-75)72(78)70(76)66-64-62-60-58-56-54-52-50-48-46-44-42-40-38-32-30-28-26-24-22-20-18-16-14-12-10-8-6-4-2/h42,44,50,52,58,60,69-72,75-78H,3-41,43,45-49,51,53-57,59,61-68H2,1-2H3,(H,74,79)/b44-42+,52-50+,60-58+. The minimum absolute atomic E-state index is 0.362. The second-order valence-electron chi connectivity index (χ2n) is 24.9. The van der Waals surface area contributed by atoms with Gasteiger partial charge in [-0.15, -0.1) is 0 Å². The second kappa shape index (κ2) is 67.3. The normalized spacial score (nSPS) is 13.6. The Kier molecular flexibility index (Phi) is 66.1. The van der Waals surface area contributed by atoms with Crippen LogP contribution in [0.15, 0.2) is 36.5 Å². The smallest absolute Gasteiger partial charge is 0.249 e. The summed E-state index contributed by atoms with van der Waals surface area (Å²) in [5.74, 6) is -0.592. The summed E-state index contributed by atoms with van der Waals surface area (Å²) in [6, 6.07) is -1.01. The number of hydrogen-bond acceptors (Lipinski definition) is 5. The van der Waals surface area contributed by atoms with E-state index in [-0.39, 0.29) is 0 Å². The van der Waals surface area contributed by atoms with E-state index in [1.54, 1.807) is 0 Å². The maximum atomic E-state index is 12.7. The van der Waals surface area contributed by atoms with E-state index in [0.717, 1.165) is 51.4 Å². The first-order chi connectivity index (χ1) is 39.0. The van der Waals surface area contributed by atoms with Crippen molar-refractivity contribution in [1.29, 1.82) is 0 Å². The third kappa shape index (κ3) is 60.9. The lowest BCUT2D eigenvalue weighted by molar-refractivity contribution is -0.132. The predicted octanol–water partition coefficient (Wildman–Crippen LogP) is 22.3. The molecule has 0 spiro atoms. The lowest BCUT2D eigenvalue weighted by Crippen LogP contribution is -2.53. The molecule has 0 aliphatic rings. The van der Waals surface area contributed by atoms with Crippen LogP contribution in [0.5, 0.6) is 0 Å². The summed E-state index contributed by atoms with van der Waals surface area (Å²) >= 11 is 0. The molecule has 5 N–H and O–H groups in total. The van der Waals surface area contributed by atoms with Crippen molar-refractivity contribution in [1.82, 2.24) is 5.32 Å². The van der Waals surface area contributed by atoms with Gasteiger partial charge in [0, 0.05) is 0 Å². The molecule has 6 heteroatoms. The van der Waals surface area contributed by atoms with Crippen molar-refractivity contribution in [3.8, 4) is 0 Å². The summed E-state index contributed by atoms with van der Waals surface area (Å²) in [4.78, 5) is 12.7. The lowest BCUT2D eigenvalue weighted by Gasteiger charge is -2.27. The number of hydrogen-bond donors (Lipinski definition) is 5. The molecule has 0 saturated carbocycles. The Balaban J connectivity index is 3.58. The van der Waals surface area contributed by atoms with E-state index < -0.39 is 36.9 Å². The summed E-state index contributed by atoms with van der Waals surface area (Å²) in [7, 11) is 0. The summed E-state index contributed by atoms with van der Waals surface area (Å²) in [6.07, 6.45) is 87.2. The number of aliphatic hydroxyl groups is 4. The van der Waals surface area contributed by atoms with Crippen LogP contribution in [-0.4, -0.2) is 57.3 Å². The Labute approximate surface area is 494 Å². The molecule has 4 unspecified atom stereocenters. The summed E-state index contributed by atoms with van der Waals surface area (Å²) in [5, 5.41) is 44.2. The lowest BCUT2D eigenvalue weighted by atomic mass is 10.00. The van der Waals surface area contributed by atoms with Crippen LogP contribution in [0, 0.1) is 0 Å². The first kappa shape index (κ1) is 77.5. The third-order valence-electron chi connectivity index (χ3n) is 17.1. The average molecular weight is 1110 g/mol. The van der Waals surface area contributed by atoms with Crippen molar-refractivity contribution >= 4 is 5.91 Å². The molecule has 0 aromatic heterocycles. The van der Waals surface area contributed by atoms with Gasteiger partial charge < -0.3 is 25.7 Å². The molecular weight excluding hydrogens is 971 g/mol. The molecule has 1 amide bonds. The molecule has 0 rings (SSSR count). The van der Waals surface area contributed by atoms with E-state index in [9.17, 15) is 25.2 Å². The topological polar surface area (TPSA) is 110 Å². The molecule has 79 heavy (non-hydrogen) atoms. The van der Waals surface area contributed by atoms with E-state index in [1.165, 1.54) is 308 Å². The second-order valence-corrected chi connectivity index (χ2v) is 24.9. The fourth-order valence-corrected chi connectivity index (χ4v) is 11.5. The van der Waals surface area contributed by atoms with Gasteiger partial charge in [-0.2, -0.15) is 0 Å². The van der Waals surface area contributed by atoms with Crippen LogP contribution in [0.25, 0.3) is 0 Å². The van der Waals surface area contributed by atoms with Crippen LogP contribution < -0.4 is 5.32 Å². The molecule has 0 bridgehead atoms. The number of unbranched alkanes of at least 4 members (excludes halogenated alkanes) is 52. The van der Waals surface area contributed by atoms with Crippen molar-refractivity contribution in [3.63, 3.8) is 0 Å². The maximum absolute atomic E-state index is 12.7. The van der Waals surface area contributed by atoms with E-state index in [0.29, 0.717) is 19.3 Å². The van der Waals surface area contributed by atoms with Crippen molar-refractivity contribution < 1.29 is 25.2 Å². The molecule has 0 aromatic carbocycles. The van der Waals surface area contributed by atoms with Gasteiger partial charge in [-0.1, -0.05) is 365 Å². The molecule has 0 aromatic rings. The molecule has 0 aliphatic heterocycles. The van der Waals surface area contributed by atoms with Gasteiger partial charge in [-0.05, 0) is 64.2 Å². The van der Waals surface area contributed by atoms with Crippen molar-refractivity contribution in [2.75, 3.05) is 6.61 Å². The Morgan fingerprint density at radius 2 is 0.532 bits per heavy atom. The summed E-state index contributed by atoms with van der Waals surface area (Å²) in [6.45, 7) is 4.09. The number of rotatable bonds is 67. The third-order valence-corrected chi connectivity index (χ3v) is 17.1. The number of amides is 1. The van der Waals surface area contributed by atoms with E-state index in [4.69, 9.17) is 0 Å². The Morgan fingerprint density at radius 1 is 0.304 bits per heavy atom. The van der Waals surface area contributed by atoms with Gasteiger partial charge in [0.25, 0.3) is 0 Å². The SMILES string of the molecule is CCCCCCCCCCCCCCCCCC/C=C/CC/C=C/CC/C=C/CCCC(O)C(O)C(CO)NC(=O)C(O)CCCCCCCCCCCCCCCCCCCCCCCCCCCCCCCCCCCC. The minimum atomic E-state index is -1.29. The fourth-order valence-electron chi connectivity index (χ4n) is 11.5. The van der Waals surface area contributed by atoms with Gasteiger partial charge in [0.15, 0.2) is 0 Å². The first-order valence-corrected chi connectivity index (χ1v) is 35.9. The molecule has 0 radical (unpaired) electrons. The van der Waals surface area contributed by atoms with Crippen molar-refractivity contribution in [2.24, 2.45) is 0 Å². The largest absolute Gasteiger partial charge is 0.394 e. The van der Waals surface area contributed by atoms with Gasteiger partial charge in [0.2, 0.25) is 5.91 Å². The number of nitrogens with one attached hydrogen (secondary N) is 1. The molecule has 6 nitrogen and oxygen atoms in total. The highest BCUT2D eigenvalue weighted by atomic mass is 16.3. The molecular formula is C73H141NO5. The molecule has 0 saturated heterocycles. The van der Waals surface area contributed by atoms with E-state index >= 15 is 0 Å². The zero-order valence-electron chi connectivity index (χ0n) is 53.4. The number of carbonyl (C=O) groups excluding carboxylic acids is 1. The van der Waals surface area contributed by atoms with E-state index in [1.807, 2.05) is 0 Å². The van der Waals surface area contributed by atoms with Gasteiger partial charge in [-0.25, -0.2) is 0 Å². The fraction of sp³-hybridized carbons (Fsp3) is 0.904. The highest BCUT2D eigenvalue weighted by Crippen LogP contribution is 2.19. The Bertz CT molecular complexity index is 1250. The highest BCUT2D eigenvalue weighted by Gasteiger charge is 2.28. The molecule has 0 fully saturated rings. The predicted molar refractivity (Wildman–Crippen MR) is 348 cm³/mol. The summed E-state index contributed by atoms with van der Waals surface area (Å²) in [5.41, 5.74) is 0. The van der Waals surface area contributed by atoms with Gasteiger partial charge in [0.05, 0.1) is 18.8 Å². The van der Waals surface area contributed by atoms with Crippen LogP contribution in [0.4, 0.5) is 0 Å². The van der Waals surface area contributed by atoms with Crippen molar-refractivity contribution in [3.05, 3.63) is 36.5 Å². The first-order valence-electron chi connectivity index (χ1n) is 35.9. The average Bonchev–Trinajstić information content (AvgIpc) is 3.45. The monoisotopic (exact) mass is 1110 g/mol. The zero-order valence-corrected chi connectivity index (χ0v) is 53.4. The number of carbonyl (C=O) groups is 1. The maximum Gasteiger partial charge on any atom is 0.249 e. The van der Waals surface area contributed by atoms with Crippen LogP contribution in [0.3, 0.4) is 0 Å². The van der Waals surface area contributed by atoms with Crippen LogP contribution in [0.1, 0.15) is 393 Å². The van der Waals surface area contributed by atoms with Crippen molar-refractivity contribution in [2.45, 2.75) is 417 Å². The molecule has 0 heterocycles. The highest BCUT2D eigenvalue weighted by molar-refractivity contribution is 5.80. The Morgan fingerprint density at radius 3 is 0.797 bits per heavy atom. The molecule has 468 valence electrons. The summed E-state index contributed by atoms with van der Waals surface area (Å²) < 4.78 is 0. The van der Waals surface area contributed by atoms with Crippen LogP contribution in [0.2, 0.25) is 0 Å². The van der Waals surface area contributed by atoms with Gasteiger partial charge >= 0.3 is 0 Å². The van der Waals surface area contributed by atoms with Gasteiger partial charge in [0.1, 0.15) is 12.2 Å². The number of allylic oxidation sites excluding steroid dienone is 6.